The smallest absolute Gasteiger partial charge is 0.257 e. The number of aromatic hydroxyl groups is 2. The van der Waals surface area contributed by atoms with Gasteiger partial charge in [0.2, 0.25) is 0 Å². The lowest BCUT2D eigenvalue weighted by Gasteiger charge is -2.37. The van der Waals surface area contributed by atoms with E-state index in [0.717, 1.165) is 31.0 Å². The van der Waals surface area contributed by atoms with Crippen molar-refractivity contribution >= 4 is 21.8 Å². The fourth-order valence-corrected chi connectivity index (χ4v) is 2.48. The summed E-state index contributed by atoms with van der Waals surface area (Å²) in [5.74, 6) is -0.278. The molecule has 0 aromatic heterocycles. The van der Waals surface area contributed by atoms with E-state index >= 15 is 0 Å². The Morgan fingerprint density at radius 1 is 1.37 bits per heavy atom. The standard InChI is InChI=1S/C14H18BrNO3/c15-7-2-8-16(10-3-1-4-10)14(19)12-9-11(17)5-6-13(12)18/h5-6,9-10,17-18H,1-4,7-8H2. The summed E-state index contributed by atoms with van der Waals surface area (Å²) in [6, 6.07) is 4.33. The van der Waals surface area contributed by atoms with Gasteiger partial charge >= 0.3 is 0 Å². The van der Waals surface area contributed by atoms with Gasteiger partial charge in [0.1, 0.15) is 11.5 Å². The van der Waals surface area contributed by atoms with E-state index < -0.39 is 0 Å². The van der Waals surface area contributed by atoms with Gasteiger partial charge in [-0.05, 0) is 43.9 Å². The quantitative estimate of drug-likeness (QED) is 0.645. The molecule has 1 amide bonds. The molecule has 1 aromatic rings. The Morgan fingerprint density at radius 3 is 2.68 bits per heavy atom. The van der Waals surface area contributed by atoms with Crippen LogP contribution in [0.1, 0.15) is 36.0 Å². The van der Waals surface area contributed by atoms with E-state index in [1.807, 2.05) is 4.90 Å². The molecule has 0 radical (unpaired) electrons. The number of carbonyl (C=O) groups excluding carboxylic acids is 1. The molecule has 0 spiro atoms. The number of hydrogen-bond acceptors (Lipinski definition) is 3. The lowest BCUT2D eigenvalue weighted by atomic mass is 9.90. The zero-order chi connectivity index (χ0) is 13.8. The molecule has 0 unspecified atom stereocenters. The summed E-state index contributed by atoms with van der Waals surface area (Å²) in [7, 11) is 0. The first-order valence-electron chi connectivity index (χ1n) is 6.52. The van der Waals surface area contributed by atoms with Crippen molar-refractivity contribution in [2.45, 2.75) is 31.7 Å². The Balaban J connectivity index is 2.19. The van der Waals surface area contributed by atoms with Gasteiger partial charge in [-0.25, -0.2) is 0 Å². The Kier molecular flexibility index (Phi) is 4.69. The second-order valence-corrected chi connectivity index (χ2v) is 5.62. The number of phenolic OH excluding ortho intramolecular Hbond substituents is 2. The average Bonchev–Trinajstić information content (AvgIpc) is 2.34. The van der Waals surface area contributed by atoms with E-state index in [0.29, 0.717) is 6.54 Å². The topological polar surface area (TPSA) is 60.8 Å². The summed E-state index contributed by atoms with van der Waals surface area (Å²) < 4.78 is 0. The van der Waals surface area contributed by atoms with Gasteiger partial charge in [-0.3, -0.25) is 4.79 Å². The third-order valence-corrected chi connectivity index (χ3v) is 4.08. The van der Waals surface area contributed by atoms with E-state index in [1.165, 1.54) is 18.2 Å². The monoisotopic (exact) mass is 327 g/mol. The summed E-state index contributed by atoms with van der Waals surface area (Å²) >= 11 is 3.37. The van der Waals surface area contributed by atoms with Crippen molar-refractivity contribution in [2.75, 3.05) is 11.9 Å². The fraction of sp³-hybridized carbons (Fsp3) is 0.500. The van der Waals surface area contributed by atoms with E-state index in [1.54, 1.807) is 0 Å². The highest BCUT2D eigenvalue weighted by molar-refractivity contribution is 9.09. The minimum Gasteiger partial charge on any atom is -0.508 e. The molecule has 1 fully saturated rings. The van der Waals surface area contributed by atoms with E-state index in [-0.39, 0.29) is 29.0 Å². The molecule has 1 aliphatic rings. The van der Waals surface area contributed by atoms with Crippen molar-refractivity contribution < 1.29 is 15.0 Å². The van der Waals surface area contributed by atoms with Gasteiger partial charge in [-0.2, -0.15) is 0 Å². The SMILES string of the molecule is O=C(c1cc(O)ccc1O)N(CCCBr)C1CCC1. The van der Waals surface area contributed by atoms with Crippen LogP contribution in [0.25, 0.3) is 0 Å². The van der Waals surface area contributed by atoms with Crippen LogP contribution >= 0.6 is 15.9 Å². The number of amides is 1. The highest BCUT2D eigenvalue weighted by Gasteiger charge is 2.30. The number of benzene rings is 1. The van der Waals surface area contributed by atoms with Crippen molar-refractivity contribution in [3.63, 3.8) is 0 Å². The molecule has 5 heteroatoms. The van der Waals surface area contributed by atoms with Crippen LogP contribution in [0, 0.1) is 0 Å². The predicted octanol–water partition coefficient (Wildman–Crippen LogP) is 2.88. The minimum absolute atomic E-state index is 0.00444. The van der Waals surface area contributed by atoms with E-state index in [9.17, 15) is 15.0 Å². The zero-order valence-corrected chi connectivity index (χ0v) is 12.3. The van der Waals surface area contributed by atoms with Gasteiger partial charge in [0, 0.05) is 17.9 Å². The number of rotatable bonds is 5. The number of nitrogens with zero attached hydrogens (tertiary/aromatic N) is 1. The maximum absolute atomic E-state index is 12.5. The first kappa shape index (κ1) is 14.2. The van der Waals surface area contributed by atoms with E-state index in [2.05, 4.69) is 15.9 Å². The van der Waals surface area contributed by atoms with Crippen molar-refractivity contribution in [2.24, 2.45) is 0 Å². The van der Waals surface area contributed by atoms with Crippen LogP contribution in [0.15, 0.2) is 18.2 Å². The number of halogens is 1. The van der Waals surface area contributed by atoms with Crippen LogP contribution in [0.4, 0.5) is 0 Å². The molecule has 104 valence electrons. The molecule has 2 rings (SSSR count). The average molecular weight is 328 g/mol. The van der Waals surface area contributed by atoms with Crippen LogP contribution in [0.5, 0.6) is 11.5 Å². The summed E-state index contributed by atoms with van der Waals surface area (Å²) in [5.41, 5.74) is 0.182. The third-order valence-electron chi connectivity index (χ3n) is 3.52. The second kappa shape index (κ2) is 6.28. The Morgan fingerprint density at radius 2 is 2.11 bits per heavy atom. The molecule has 19 heavy (non-hydrogen) atoms. The van der Waals surface area contributed by atoms with Gasteiger partial charge in [-0.15, -0.1) is 0 Å². The number of carbonyl (C=O) groups is 1. The van der Waals surface area contributed by atoms with Crippen molar-refractivity contribution in [3.05, 3.63) is 23.8 Å². The van der Waals surface area contributed by atoms with Crippen molar-refractivity contribution in [3.8, 4) is 11.5 Å². The van der Waals surface area contributed by atoms with Gasteiger partial charge in [-0.1, -0.05) is 15.9 Å². The minimum atomic E-state index is -0.195. The normalized spacial score (nSPS) is 15.0. The Labute approximate surface area is 121 Å². The van der Waals surface area contributed by atoms with Crippen LogP contribution in [0.2, 0.25) is 0 Å². The van der Waals surface area contributed by atoms with Gasteiger partial charge in [0.15, 0.2) is 0 Å². The molecule has 1 aliphatic carbocycles. The molecule has 0 atom stereocenters. The lowest BCUT2D eigenvalue weighted by Crippen LogP contribution is -2.44. The summed E-state index contributed by atoms with van der Waals surface area (Å²) in [6.07, 6.45) is 4.07. The molecule has 2 N–H and O–H groups in total. The second-order valence-electron chi connectivity index (χ2n) is 4.83. The predicted molar refractivity (Wildman–Crippen MR) is 76.9 cm³/mol. The largest absolute Gasteiger partial charge is 0.508 e. The number of alkyl halides is 1. The number of hydrogen-bond donors (Lipinski definition) is 2. The maximum atomic E-state index is 12.5. The van der Waals surface area contributed by atoms with Crippen LogP contribution in [-0.2, 0) is 0 Å². The van der Waals surface area contributed by atoms with Crippen molar-refractivity contribution in [1.29, 1.82) is 0 Å². The van der Waals surface area contributed by atoms with Crippen LogP contribution < -0.4 is 0 Å². The lowest BCUT2D eigenvalue weighted by molar-refractivity contribution is 0.0578. The molecular weight excluding hydrogens is 310 g/mol. The Hall–Kier alpha value is -1.23. The molecule has 4 nitrogen and oxygen atoms in total. The first-order chi connectivity index (χ1) is 9.13. The highest BCUT2D eigenvalue weighted by atomic mass is 79.9. The van der Waals surface area contributed by atoms with Crippen LogP contribution in [0.3, 0.4) is 0 Å². The number of phenols is 2. The molecular formula is C14H18BrNO3. The molecule has 0 heterocycles. The summed E-state index contributed by atoms with van der Waals surface area (Å²) in [5, 5.41) is 20.1. The molecule has 1 saturated carbocycles. The summed E-state index contributed by atoms with van der Waals surface area (Å²) in [4.78, 5) is 14.3. The molecule has 1 aromatic carbocycles. The van der Waals surface area contributed by atoms with Gasteiger partial charge in [0.25, 0.3) is 5.91 Å². The molecule has 0 bridgehead atoms. The van der Waals surface area contributed by atoms with Crippen LogP contribution in [-0.4, -0.2) is 38.9 Å². The summed E-state index contributed by atoms with van der Waals surface area (Å²) in [6.45, 7) is 0.670. The van der Waals surface area contributed by atoms with Gasteiger partial charge < -0.3 is 15.1 Å². The Bertz CT molecular complexity index is 460. The maximum Gasteiger partial charge on any atom is 0.257 e. The highest BCUT2D eigenvalue weighted by Crippen LogP contribution is 2.29. The van der Waals surface area contributed by atoms with Gasteiger partial charge in [0.05, 0.1) is 5.56 Å². The molecule has 0 aliphatic heterocycles. The third kappa shape index (κ3) is 3.21. The molecule has 0 saturated heterocycles. The first-order valence-corrected chi connectivity index (χ1v) is 7.64. The fourth-order valence-electron chi connectivity index (χ4n) is 2.23. The van der Waals surface area contributed by atoms with E-state index in [4.69, 9.17) is 0 Å². The zero-order valence-electron chi connectivity index (χ0n) is 10.7. The van der Waals surface area contributed by atoms with Crippen molar-refractivity contribution in [1.82, 2.24) is 4.90 Å².